The van der Waals surface area contributed by atoms with Crippen molar-refractivity contribution in [3.05, 3.63) is 216 Å². The molecule has 4 heterocycles. The molecule has 422 valence electrons. The Bertz CT molecular complexity index is 4110. The minimum Gasteiger partial charge on any atom is -0.335 e. The van der Waals surface area contributed by atoms with Crippen molar-refractivity contribution in [2.75, 3.05) is 19.6 Å². The first-order valence-electron chi connectivity index (χ1n) is 30.9. The number of hydrogen-bond acceptors (Lipinski definition) is 5. The zero-order valence-electron chi connectivity index (χ0n) is 52.0. The molecule has 0 N–H and O–H groups in total. The summed E-state index contributed by atoms with van der Waals surface area (Å²) in [5, 5.41) is 2.59. The first kappa shape index (κ1) is 54.4. The first-order chi connectivity index (χ1) is 39.9. The fourth-order valence-electron chi connectivity index (χ4n) is 15.0. The molecule has 1 saturated carbocycles. The van der Waals surface area contributed by atoms with Gasteiger partial charge in [0.05, 0.1) is 11.2 Å². The van der Waals surface area contributed by atoms with Crippen molar-refractivity contribution in [2.24, 2.45) is 0 Å². The molecule has 2 atom stereocenters. The second-order valence-electron chi connectivity index (χ2n) is 29.4. The van der Waals surface area contributed by atoms with E-state index in [0.29, 0.717) is 0 Å². The molecule has 0 bridgehead atoms. The number of anilines is 11. The smallest absolute Gasteiger partial charge is 0.252 e. The molecule has 1 fully saturated rings. The summed E-state index contributed by atoms with van der Waals surface area (Å²) in [4.78, 5) is 10.6. The van der Waals surface area contributed by atoms with Crippen molar-refractivity contribution in [1.82, 2.24) is 0 Å². The Hall–Kier alpha value is -7.54. The van der Waals surface area contributed by atoms with Gasteiger partial charge in [0.2, 0.25) is 0 Å². The highest BCUT2D eigenvalue weighted by Gasteiger charge is 2.61. The Labute approximate surface area is 504 Å². The zero-order valence-corrected chi connectivity index (χ0v) is 52.8. The lowest BCUT2D eigenvalue weighted by atomic mass is 9.33. The quantitative estimate of drug-likeness (QED) is 0.147. The monoisotopic (exact) mass is 1120 g/mol. The second-order valence-corrected chi connectivity index (χ2v) is 30.5. The van der Waals surface area contributed by atoms with Crippen LogP contribution in [0.25, 0.3) is 20.2 Å². The minimum atomic E-state index is -0.149. The van der Waals surface area contributed by atoms with E-state index in [1.807, 2.05) is 11.3 Å². The molecule has 2 unspecified atom stereocenters. The van der Waals surface area contributed by atoms with Crippen molar-refractivity contribution in [1.29, 1.82) is 0 Å². The summed E-state index contributed by atoms with van der Waals surface area (Å²) in [5.41, 5.74) is 23.9. The molecule has 9 aromatic carbocycles. The Morgan fingerprint density at radius 3 is 1.44 bits per heavy atom. The van der Waals surface area contributed by atoms with Gasteiger partial charge in [0.25, 0.3) is 6.71 Å². The maximum Gasteiger partial charge on any atom is 0.252 e. The van der Waals surface area contributed by atoms with Gasteiger partial charge in [0.15, 0.2) is 0 Å². The SMILES string of the molecule is CC(C)(C)c1ccc(N(c2ccc(C(C)(C)C)cc2)c2ccc3c(c2)N(c2ccc4sc5ccccc5c4c2)c2cc(N(c4ccc(C(C)(C)C)cc4)c4ccc(C(C)(C)C)cc4)cc4c2B3c2cccc3c2N4C2(C)CCCCC32C)cc1. The van der Waals surface area contributed by atoms with Crippen LogP contribution >= 0.6 is 11.3 Å². The summed E-state index contributed by atoms with van der Waals surface area (Å²) in [7, 11) is 0. The van der Waals surface area contributed by atoms with E-state index in [0.717, 1.165) is 46.2 Å². The van der Waals surface area contributed by atoms with E-state index in [4.69, 9.17) is 0 Å². The molecule has 1 aromatic heterocycles. The standard InChI is InChI=1S/C78H81BN4S/c1-73(2,3)50-24-32-54(33-25-50)80(55-34-26-51(27-35-55)74(4,5)6)59-40-42-64-66(47-59)82(58-41-43-70-62(46-58)61-20-15-16-23-69(61)84-70)67-48-60(81(56-36-28-52(29-37-56)75(7,8)9)57-38-30-53(31-39-57)76(10,11)12)49-68-71(67)79(64)65-22-19-21-63-72(65)83(68)78(14)45-18-17-44-77(63,78)13/h15-16,19-43,46-49H,17-18,44-45H2,1-14H3. The molecule has 3 aliphatic heterocycles. The molecule has 10 aromatic rings. The minimum absolute atomic E-state index is 0.00856. The Balaban J connectivity index is 1.08. The Morgan fingerprint density at radius 2 is 0.893 bits per heavy atom. The van der Waals surface area contributed by atoms with Gasteiger partial charge < -0.3 is 19.6 Å². The number of para-hydroxylation sites is 1. The lowest BCUT2D eigenvalue weighted by Crippen LogP contribution is -2.64. The van der Waals surface area contributed by atoms with Crippen LogP contribution in [0.1, 0.15) is 150 Å². The average Bonchev–Trinajstić information content (AvgIpc) is 1.46. The highest BCUT2D eigenvalue weighted by molar-refractivity contribution is 7.25. The van der Waals surface area contributed by atoms with E-state index >= 15 is 0 Å². The number of benzene rings is 9. The van der Waals surface area contributed by atoms with E-state index in [9.17, 15) is 0 Å². The van der Waals surface area contributed by atoms with Crippen molar-refractivity contribution < 1.29 is 0 Å². The predicted octanol–water partition coefficient (Wildman–Crippen LogP) is 20.5. The van der Waals surface area contributed by atoms with Gasteiger partial charge in [-0.05, 0) is 183 Å². The van der Waals surface area contributed by atoms with Crippen LogP contribution in [-0.4, -0.2) is 12.3 Å². The molecular formula is C78H81BN4S. The Kier molecular flexibility index (Phi) is 12.3. The van der Waals surface area contributed by atoms with Crippen molar-refractivity contribution >= 4 is 117 Å². The number of hydrogen-bond donors (Lipinski definition) is 0. The maximum atomic E-state index is 2.89. The molecule has 4 aliphatic rings. The number of rotatable bonds is 7. The largest absolute Gasteiger partial charge is 0.335 e. The van der Waals surface area contributed by atoms with E-state index in [1.54, 1.807) is 0 Å². The maximum absolute atomic E-state index is 2.89. The lowest BCUT2D eigenvalue weighted by Gasteiger charge is -2.53. The van der Waals surface area contributed by atoms with Gasteiger partial charge in [-0.1, -0.05) is 194 Å². The first-order valence-corrected chi connectivity index (χ1v) is 31.7. The molecule has 4 nitrogen and oxygen atoms in total. The lowest BCUT2D eigenvalue weighted by molar-refractivity contribution is 0.195. The van der Waals surface area contributed by atoms with Crippen LogP contribution in [-0.2, 0) is 27.1 Å². The highest BCUT2D eigenvalue weighted by Crippen LogP contribution is 2.62. The van der Waals surface area contributed by atoms with Crippen molar-refractivity contribution in [3.8, 4) is 0 Å². The average molecular weight is 1120 g/mol. The molecular weight excluding hydrogens is 1040 g/mol. The topological polar surface area (TPSA) is 13.0 Å². The van der Waals surface area contributed by atoms with Crippen molar-refractivity contribution in [2.45, 2.75) is 155 Å². The van der Waals surface area contributed by atoms with E-state index < -0.39 is 0 Å². The van der Waals surface area contributed by atoms with Crippen LogP contribution in [0, 0.1) is 0 Å². The van der Waals surface area contributed by atoms with Crippen LogP contribution in [0.5, 0.6) is 0 Å². The van der Waals surface area contributed by atoms with E-state index in [-0.39, 0.29) is 39.3 Å². The molecule has 6 heteroatoms. The summed E-state index contributed by atoms with van der Waals surface area (Å²) in [5.74, 6) is 0. The highest BCUT2D eigenvalue weighted by atomic mass is 32.1. The van der Waals surface area contributed by atoms with E-state index in [2.05, 4.69) is 305 Å². The molecule has 1 aliphatic carbocycles. The van der Waals surface area contributed by atoms with Gasteiger partial charge in [-0.3, -0.25) is 0 Å². The molecule has 0 amide bonds. The normalized spacial score (nSPS) is 18.2. The predicted molar refractivity (Wildman–Crippen MR) is 366 cm³/mol. The van der Waals surface area contributed by atoms with Crippen LogP contribution in [0.4, 0.5) is 62.6 Å². The summed E-state index contributed by atoms with van der Waals surface area (Å²) in [6, 6.07) is 73.7. The van der Waals surface area contributed by atoms with Crippen LogP contribution in [0.15, 0.2) is 188 Å². The number of nitrogens with zero attached hydrogens (tertiary/aromatic N) is 4. The third-order valence-electron chi connectivity index (χ3n) is 20.0. The Morgan fingerprint density at radius 1 is 0.417 bits per heavy atom. The summed E-state index contributed by atoms with van der Waals surface area (Å²) >= 11 is 1.89. The summed E-state index contributed by atoms with van der Waals surface area (Å²) in [6.07, 6.45) is 4.74. The van der Waals surface area contributed by atoms with E-state index in [1.165, 1.54) is 106 Å². The molecule has 14 rings (SSSR count). The fraction of sp³-hybridized carbons (Fsp3) is 0.308. The van der Waals surface area contributed by atoms with Gasteiger partial charge >= 0.3 is 0 Å². The van der Waals surface area contributed by atoms with Crippen LogP contribution in [0.2, 0.25) is 0 Å². The number of fused-ring (bicyclic) bond motifs is 10. The fourth-order valence-corrected chi connectivity index (χ4v) is 16.1. The molecule has 84 heavy (non-hydrogen) atoms. The van der Waals surface area contributed by atoms with Gasteiger partial charge in [-0.15, -0.1) is 11.3 Å². The number of thiophene rings is 1. The summed E-state index contributed by atoms with van der Waals surface area (Å²) < 4.78 is 2.61. The van der Waals surface area contributed by atoms with Crippen LogP contribution in [0.3, 0.4) is 0 Å². The van der Waals surface area contributed by atoms with Gasteiger partial charge in [0, 0.05) is 82.5 Å². The molecule has 0 saturated heterocycles. The van der Waals surface area contributed by atoms with Crippen molar-refractivity contribution in [3.63, 3.8) is 0 Å². The third-order valence-corrected chi connectivity index (χ3v) is 21.2. The second kappa shape index (κ2) is 19.0. The van der Waals surface area contributed by atoms with Gasteiger partial charge in [0.1, 0.15) is 0 Å². The third kappa shape index (κ3) is 8.50. The zero-order chi connectivity index (χ0) is 58.6. The van der Waals surface area contributed by atoms with Gasteiger partial charge in [-0.25, -0.2) is 0 Å². The van der Waals surface area contributed by atoms with Gasteiger partial charge in [-0.2, -0.15) is 0 Å². The van der Waals surface area contributed by atoms with Crippen LogP contribution < -0.4 is 36.0 Å². The molecule has 0 spiro atoms. The molecule has 0 radical (unpaired) electrons. The summed E-state index contributed by atoms with van der Waals surface area (Å²) in [6.45, 7) is 32.9.